The summed E-state index contributed by atoms with van der Waals surface area (Å²) in [6, 6.07) is 0. The minimum Gasteiger partial charge on any atom is -0.444 e. The Morgan fingerprint density at radius 2 is 1.73 bits per heavy atom. The molecule has 0 radical (unpaired) electrons. The maximum atomic E-state index is 12.0. The molecule has 1 rings (SSSR count). The molecule has 1 aliphatic rings. The largest absolute Gasteiger partial charge is 0.444 e. The van der Waals surface area contributed by atoms with E-state index in [4.69, 9.17) is 14.2 Å². The van der Waals surface area contributed by atoms with Gasteiger partial charge in [-0.3, -0.25) is 0 Å². The lowest BCUT2D eigenvalue weighted by Gasteiger charge is -2.33. The topological polar surface area (TPSA) is 68.2 Å². The number of likely N-dealkylation sites (tertiary alicyclic amines) is 1. The molecule has 1 N–H and O–H groups in total. The monoisotopic (exact) mass is 373 g/mol. The van der Waals surface area contributed by atoms with Gasteiger partial charge in [0.1, 0.15) is 5.60 Å². The highest BCUT2D eigenvalue weighted by Gasteiger charge is 2.26. The fourth-order valence-corrected chi connectivity index (χ4v) is 3.01. The molecule has 0 saturated carbocycles. The summed E-state index contributed by atoms with van der Waals surface area (Å²) in [5, 5.41) is 9.47. The van der Waals surface area contributed by atoms with Crippen molar-refractivity contribution in [3.05, 3.63) is 0 Å². The zero-order valence-corrected chi connectivity index (χ0v) is 17.2. The van der Waals surface area contributed by atoms with Gasteiger partial charge < -0.3 is 24.2 Å². The van der Waals surface area contributed by atoms with Gasteiger partial charge in [0.05, 0.1) is 6.10 Å². The van der Waals surface area contributed by atoms with Gasteiger partial charge in [0.25, 0.3) is 0 Å². The maximum Gasteiger partial charge on any atom is 0.410 e. The summed E-state index contributed by atoms with van der Waals surface area (Å²) in [5.74, 6) is 0. The number of carbonyl (C=O) groups is 1. The van der Waals surface area contributed by atoms with Gasteiger partial charge in [-0.1, -0.05) is 19.3 Å². The number of aliphatic hydroxyl groups is 1. The van der Waals surface area contributed by atoms with Crippen LogP contribution in [0.15, 0.2) is 0 Å². The molecule has 6 heteroatoms. The molecule has 0 aromatic carbocycles. The molecule has 1 saturated heterocycles. The van der Waals surface area contributed by atoms with E-state index in [1.165, 1.54) is 6.42 Å². The van der Waals surface area contributed by atoms with Crippen LogP contribution in [0.5, 0.6) is 0 Å². The van der Waals surface area contributed by atoms with Gasteiger partial charge in [0, 0.05) is 26.3 Å². The lowest BCUT2D eigenvalue weighted by molar-refractivity contribution is -0.0994. The van der Waals surface area contributed by atoms with Crippen molar-refractivity contribution in [1.82, 2.24) is 4.90 Å². The van der Waals surface area contributed by atoms with Crippen molar-refractivity contribution >= 4 is 6.09 Å². The van der Waals surface area contributed by atoms with Crippen molar-refractivity contribution in [2.45, 2.75) is 97.1 Å². The number of carbonyl (C=O) groups excluding carboxylic acids is 1. The van der Waals surface area contributed by atoms with Crippen molar-refractivity contribution < 1.29 is 24.1 Å². The molecule has 0 bridgehead atoms. The van der Waals surface area contributed by atoms with E-state index in [9.17, 15) is 9.90 Å². The average Bonchev–Trinajstić information content (AvgIpc) is 2.56. The van der Waals surface area contributed by atoms with Crippen molar-refractivity contribution in [2.75, 3.05) is 26.3 Å². The second-order valence-corrected chi connectivity index (χ2v) is 8.00. The van der Waals surface area contributed by atoms with Crippen LogP contribution in [0.3, 0.4) is 0 Å². The Balaban J connectivity index is 1.98. The van der Waals surface area contributed by atoms with E-state index in [-0.39, 0.29) is 12.2 Å². The molecule has 1 aliphatic heterocycles. The highest BCUT2D eigenvalue weighted by Crippen LogP contribution is 2.18. The van der Waals surface area contributed by atoms with Gasteiger partial charge in [0.2, 0.25) is 0 Å². The molecular formula is C20H39NO5. The molecule has 0 aliphatic carbocycles. The maximum absolute atomic E-state index is 12.0. The molecule has 1 fully saturated rings. The van der Waals surface area contributed by atoms with Gasteiger partial charge in [0.15, 0.2) is 6.29 Å². The highest BCUT2D eigenvalue weighted by molar-refractivity contribution is 5.68. The van der Waals surface area contributed by atoms with Gasteiger partial charge in [-0.05, 0) is 59.8 Å². The van der Waals surface area contributed by atoms with Crippen LogP contribution in [-0.4, -0.2) is 60.4 Å². The molecule has 1 unspecified atom stereocenters. The Morgan fingerprint density at radius 1 is 1.12 bits per heavy atom. The first-order chi connectivity index (χ1) is 12.3. The molecule has 1 amide bonds. The molecule has 0 spiro atoms. The summed E-state index contributed by atoms with van der Waals surface area (Å²) in [6.45, 7) is 10.3. The first-order valence-electron chi connectivity index (χ1n) is 10.2. The van der Waals surface area contributed by atoms with E-state index in [1.807, 2.05) is 27.7 Å². The smallest absolute Gasteiger partial charge is 0.410 e. The zero-order chi connectivity index (χ0) is 19.4. The number of hydrogen-bond donors (Lipinski definition) is 1. The van der Waals surface area contributed by atoms with Crippen molar-refractivity contribution in [1.29, 1.82) is 0 Å². The number of ether oxygens (including phenoxy) is 3. The number of rotatable bonds is 11. The third-order valence-electron chi connectivity index (χ3n) is 4.40. The standard InChI is InChI=1S/C20H39NO5/c1-5-24-18(22)11-9-7-6-8-10-16-25-17-12-14-21(15-13-17)19(23)26-20(2,3)4/h17-18,22H,5-16H2,1-4H3. The van der Waals surface area contributed by atoms with Gasteiger partial charge in [-0.15, -0.1) is 0 Å². The molecule has 0 aromatic rings. The third-order valence-corrected chi connectivity index (χ3v) is 4.40. The normalized spacial score (nSPS) is 17.3. The minimum absolute atomic E-state index is 0.217. The summed E-state index contributed by atoms with van der Waals surface area (Å²) < 4.78 is 16.5. The number of amides is 1. The molecular weight excluding hydrogens is 334 g/mol. The third kappa shape index (κ3) is 11.0. The highest BCUT2D eigenvalue weighted by atomic mass is 16.6. The van der Waals surface area contributed by atoms with Crippen LogP contribution >= 0.6 is 0 Å². The Bertz CT molecular complexity index is 375. The van der Waals surface area contributed by atoms with Crippen LogP contribution in [0, 0.1) is 0 Å². The van der Waals surface area contributed by atoms with E-state index in [0.29, 0.717) is 19.7 Å². The van der Waals surface area contributed by atoms with Gasteiger partial charge in [-0.2, -0.15) is 0 Å². The van der Waals surface area contributed by atoms with Crippen LogP contribution in [0.1, 0.15) is 79.1 Å². The fourth-order valence-electron chi connectivity index (χ4n) is 3.01. The van der Waals surface area contributed by atoms with Crippen molar-refractivity contribution in [3.63, 3.8) is 0 Å². The van der Waals surface area contributed by atoms with E-state index in [2.05, 4.69) is 0 Å². The predicted octanol–water partition coefficient (Wildman–Crippen LogP) is 4.10. The number of aliphatic hydroxyl groups excluding tert-OH is 1. The quantitative estimate of drug-likeness (QED) is 0.436. The number of piperidine rings is 1. The molecule has 0 aromatic heterocycles. The zero-order valence-electron chi connectivity index (χ0n) is 17.2. The molecule has 154 valence electrons. The van der Waals surface area contributed by atoms with Crippen molar-refractivity contribution in [3.8, 4) is 0 Å². The minimum atomic E-state index is -0.602. The van der Waals surface area contributed by atoms with Crippen LogP contribution < -0.4 is 0 Å². The summed E-state index contributed by atoms with van der Waals surface area (Å²) in [6.07, 6.45) is 7.45. The molecule has 6 nitrogen and oxygen atoms in total. The second-order valence-electron chi connectivity index (χ2n) is 8.00. The number of unbranched alkanes of at least 4 members (excludes halogenated alkanes) is 4. The average molecular weight is 374 g/mol. The SMILES string of the molecule is CCOC(O)CCCCCCCOC1CCN(C(=O)OC(C)(C)C)CC1. The Morgan fingerprint density at radius 3 is 2.35 bits per heavy atom. The summed E-state index contributed by atoms with van der Waals surface area (Å²) in [7, 11) is 0. The van der Waals surface area contributed by atoms with Gasteiger partial charge in [-0.25, -0.2) is 4.79 Å². The summed E-state index contributed by atoms with van der Waals surface area (Å²) >= 11 is 0. The summed E-state index contributed by atoms with van der Waals surface area (Å²) in [5.41, 5.74) is -0.439. The Kier molecular flexibility index (Phi) is 11.2. The molecule has 1 heterocycles. The predicted molar refractivity (Wildman–Crippen MR) is 102 cm³/mol. The summed E-state index contributed by atoms with van der Waals surface area (Å²) in [4.78, 5) is 13.8. The van der Waals surface area contributed by atoms with Crippen LogP contribution in [0.25, 0.3) is 0 Å². The number of hydrogen-bond acceptors (Lipinski definition) is 5. The van der Waals surface area contributed by atoms with E-state index in [0.717, 1.165) is 51.6 Å². The van der Waals surface area contributed by atoms with Gasteiger partial charge >= 0.3 is 6.09 Å². The first kappa shape index (κ1) is 23.2. The van der Waals surface area contributed by atoms with Crippen LogP contribution in [-0.2, 0) is 14.2 Å². The Hall–Kier alpha value is -0.850. The lowest BCUT2D eigenvalue weighted by atomic mass is 10.1. The first-order valence-corrected chi connectivity index (χ1v) is 10.2. The number of nitrogens with zero attached hydrogens (tertiary/aromatic N) is 1. The Labute approximate surface area is 159 Å². The van der Waals surface area contributed by atoms with Crippen molar-refractivity contribution in [2.24, 2.45) is 0 Å². The van der Waals surface area contributed by atoms with E-state index < -0.39 is 11.9 Å². The fraction of sp³-hybridized carbons (Fsp3) is 0.950. The van der Waals surface area contributed by atoms with E-state index in [1.54, 1.807) is 4.90 Å². The molecule has 1 atom stereocenters. The second kappa shape index (κ2) is 12.5. The lowest BCUT2D eigenvalue weighted by Crippen LogP contribution is -2.43. The molecule has 26 heavy (non-hydrogen) atoms. The van der Waals surface area contributed by atoms with Crippen LogP contribution in [0.4, 0.5) is 4.79 Å². The van der Waals surface area contributed by atoms with E-state index >= 15 is 0 Å². The van der Waals surface area contributed by atoms with Crippen LogP contribution in [0.2, 0.25) is 0 Å².